The number of esters is 1. The second-order valence-electron chi connectivity index (χ2n) is 6.62. The van der Waals surface area contributed by atoms with Crippen LogP contribution < -0.4 is 10.1 Å². The first-order chi connectivity index (χ1) is 15.9. The molecule has 0 radical (unpaired) electrons. The van der Waals surface area contributed by atoms with Crippen LogP contribution in [0.1, 0.15) is 29.6 Å². The van der Waals surface area contributed by atoms with Crippen LogP contribution in [0.15, 0.2) is 52.1 Å². The average Bonchev–Trinajstić information content (AvgIpc) is 3.25. The molecule has 0 fully saturated rings. The number of aromatic nitrogens is 2. The van der Waals surface area contributed by atoms with Crippen LogP contribution in [0.4, 0.5) is 5.69 Å². The number of rotatable bonds is 11. The van der Waals surface area contributed by atoms with Crippen LogP contribution in [0.5, 0.6) is 5.75 Å². The highest BCUT2D eigenvalue weighted by Gasteiger charge is 2.11. The predicted molar refractivity (Wildman–Crippen MR) is 126 cm³/mol. The van der Waals surface area contributed by atoms with E-state index in [-0.39, 0.29) is 11.7 Å². The van der Waals surface area contributed by atoms with E-state index in [0.29, 0.717) is 64.2 Å². The smallest absolute Gasteiger partial charge is 0.338 e. The minimum atomic E-state index is -0.404. The topological polar surface area (TPSA) is 104 Å². The minimum absolute atomic E-state index is 0.0967. The summed E-state index contributed by atoms with van der Waals surface area (Å²) in [5.41, 5.74) is 0.991. The summed E-state index contributed by atoms with van der Waals surface area (Å²) in [7, 11) is 0. The summed E-state index contributed by atoms with van der Waals surface area (Å²) in [5, 5.41) is 12.0. The van der Waals surface area contributed by atoms with E-state index in [0.717, 1.165) is 11.8 Å². The van der Waals surface area contributed by atoms with Gasteiger partial charge in [0, 0.05) is 17.1 Å². The second-order valence-corrected chi connectivity index (χ2v) is 8.39. The molecule has 8 nitrogen and oxygen atoms in total. The fourth-order valence-electron chi connectivity index (χ4n) is 2.62. The van der Waals surface area contributed by atoms with Crippen molar-refractivity contribution in [1.82, 2.24) is 10.2 Å². The van der Waals surface area contributed by atoms with Gasteiger partial charge in [-0.15, -0.1) is 10.2 Å². The molecule has 0 aliphatic heterocycles. The van der Waals surface area contributed by atoms with Crippen molar-refractivity contribution in [2.75, 3.05) is 24.3 Å². The van der Waals surface area contributed by atoms with E-state index in [9.17, 15) is 9.59 Å². The van der Waals surface area contributed by atoms with Crippen molar-refractivity contribution in [1.29, 1.82) is 0 Å². The Morgan fingerprint density at radius 1 is 1.12 bits per heavy atom. The van der Waals surface area contributed by atoms with Crippen LogP contribution in [0.3, 0.4) is 0 Å². The third-order valence-electron chi connectivity index (χ3n) is 4.14. The third-order valence-corrected chi connectivity index (χ3v) is 5.49. The fourth-order valence-corrected chi connectivity index (χ4v) is 3.67. The fraction of sp³-hybridized carbons (Fsp3) is 0.273. The normalized spacial score (nSPS) is 10.6. The number of hydrogen-bond acceptors (Lipinski definition) is 8. The lowest BCUT2D eigenvalue weighted by atomic mass is 10.2. The van der Waals surface area contributed by atoms with E-state index in [1.165, 1.54) is 0 Å². The first kappa shape index (κ1) is 24.9. The molecule has 1 aromatic heterocycles. The summed E-state index contributed by atoms with van der Waals surface area (Å²) in [5.74, 6) is 0.470. The van der Waals surface area contributed by atoms with Crippen molar-refractivity contribution in [3.05, 3.63) is 64.0 Å². The summed E-state index contributed by atoms with van der Waals surface area (Å²) < 4.78 is 16.1. The monoisotopic (exact) mass is 509 g/mol. The zero-order valence-corrected chi connectivity index (χ0v) is 20.0. The van der Waals surface area contributed by atoms with Crippen molar-refractivity contribution in [3.8, 4) is 5.75 Å². The van der Waals surface area contributed by atoms with Gasteiger partial charge in [0.15, 0.2) is 0 Å². The van der Waals surface area contributed by atoms with Crippen molar-refractivity contribution in [2.45, 2.75) is 25.0 Å². The SMILES string of the molecule is CCOC(=O)c1ccc(NC(=O)CSc2nnc(CCCOc3ccc(Cl)cc3Cl)o2)cc1. The van der Waals surface area contributed by atoms with Gasteiger partial charge in [-0.2, -0.15) is 0 Å². The molecule has 1 N–H and O–H groups in total. The first-order valence-corrected chi connectivity index (χ1v) is 11.8. The highest BCUT2D eigenvalue weighted by molar-refractivity contribution is 7.99. The number of benzene rings is 2. The Morgan fingerprint density at radius 3 is 2.64 bits per heavy atom. The second kappa shape index (κ2) is 12.5. The van der Waals surface area contributed by atoms with Crippen molar-refractivity contribution < 1.29 is 23.5 Å². The number of ether oxygens (including phenoxy) is 2. The minimum Gasteiger partial charge on any atom is -0.492 e. The molecule has 1 heterocycles. The summed E-state index contributed by atoms with van der Waals surface area (Å²) >= 11 is 13.1. The number of nitrogens with zero attached hydrogens (tertiary/aromatic N) is 2. The van der Waals surface area contributed by atoms with E-state index < -0.39 is 5.97 Å². The average molecular weight is 510 g/mol. The molecular formula is C22H21Cl2N3O5S. The molecule has 0 aliphatic rings. The van der Waals surface area contributed by atoms with E-state index in [2.05, 4.69) is 15.5 Å². The molecule has 3 aromatic rings. The van der Waals surface area contributed by atoms with Gasteiger partial charge in [-0.05, 0) is 55.8 Å². The van der Waals surface area contributed by atoms with E-state index >= 15 is 0 Å². The highest BCUT2D eigenvalue weighted by Crippen LogP contribution is 2.27. The van der Waals surface area contributed by atoms with Crippen LogP contribution in [-0.2, 0) is 16.0 Å². The van der Waals surface area contributed by atoms with E-state index in [1.807, 2.05) is 0 Å². The molecule has 3 rings (SSSR count). The predicted octanol–water partition coefficient (Wildman–Crippen LogP) is 5.30. The Labute approximate surface area is 204 Å². The molecule has 33 heavy (non-hydrogen) atoms. The summed E-state index contributed by atoms with van der Waals surface area (Å²) in [6, 6.07) is 11.5. The molecule has 0 atom stereocenters. The van der Waals surface area contributed by atoms with Gasteiger partial charge in [0.2, 0.25) is 11.8 Å². The Morgan fingerprint density at radius 2 is 1.91 bits per heavy atom. The Hall–Kier alpha value is -2.75. The van der Waals surface area contributed by atoms with Crippen molar-refractivity contribution in [3.63, 3.8) is 0 Å². The molecule has 0 spiro atoms. The summed E-state index contributed by atoms with van der Waals surface area (Å²) in [6.45, 7) is 2.46. The number of aryl methyl sites for hydroxylation is 1. The van der Waals surface area contributed by atoms with Gasteiger partial charge in [-0.3, -0.25) is 4.79 Å². The highest BCUT2D eigenvalue weighted by atomic mass is 35.5. The number of carbonyl (C=O) groups is 2. The number of carbonyl (C=O) groups excluding carboxylic acids is 2. The van der Waals surface area contributed by atoms with Gasteiger partial charge in [-0.25, -0.2) is 4.79 Å². The molecule has 1 amide bonds. The number of halogens is 2. The standard InChI is InChI=1S/C22H21Cl2N3O5S/c1-2-30-21(29)14-5-8-16(9-6-14)25-19(28)13-33-22-27-26-20(32-22)4-3-11-31-18-10-7-15(23)12-17(18)24/h5-10,12H,2-4,11,13H2,1H3,(H,25,28). The molecule has 0 unspecified atom stereocenters. The molecular weight excluding hydrogens is 489 g/mol. The van der Waals surface area contributed by atoms with Crippen LogP contribution in [0.25, 0.3) is 0 Å². The van der Waals surface area contributed by atoms with Gasteiger partial charge in [-0.1, -0.05) is 35.0 Å². The van der Waals surface area contributed by atoms with Crippen LogP contribution in [0.2, 0.25) is 10.0 Å². The maximum absolute atomic E-state index is 12.2. The Bertz CT molecular complexity index is 1090. The number of amides is 1. The molecule has 0 saturated carbocycles. The Balaban J connectivity index is 1.37. The summed E-state index contributed by atoms with van der Waals surface area (Å²) in [6.07, 6.45) is 1.17. The van der Waals surface area contributed by atoms with Gasteiger partial charge in [0.25, 0.3) is 5.22 Å². The van der Waals surface area contributed by atoms with E-state index in [1.54, 1.807) is 49.4 Å². The number of anilines is 1. The number of hydrogen-bond donors (Lipinski definition) is 1. The molecule has 174 valence electrons. The maximum atomic E-state index is 12.2. The molecule has 2 aromatic carbocycles. The molecule has 0 aliphatic carbocycles. The Kier molecular flexibility index (Phi) is 9.41. The van der Waals surface area contributed by atoms with Gasteiger partial charge >= 0.3 is 5.97 Å². The third kappa shape index (κ3) is 7.96. The van der Waals surface area contributed by atoms with Gasteiger partial charge in [0.1, 0.15) is 5.75 Å². The lowest BCUT2D eigenvalue weighted by Gasteiger charge is -2.07. The molecule has 0 bridgehead atoms. The zero-order valence-electron chi connectivity index (χ0n) is 17.7. The first-order valence-electron chi connectivity index (χ1n) is 10.0. The lowest BCUT2D eigenvalue weighted by Crippen LogP contribution is -2.14. The van der Waals surface area contributed by atoms with E-state index in [4.69, 9.17) is 37.1 Å². The zero-order chi connectivity index (χ0) is 23.6. The van der Waals surface area contributed by atoms with Gasteiger partial charge < -0.3 is 19.2 Å². The van der Waals surface area contributed by atoms with Crippen molar-refractivity contribution in [2.24, 2.45) is 0 Å². The quantitative estimate of drug-likeness (QED) is 0.211. The van der Waals surface area contributed by atoms with Crippen LogP contribution in [0, 0.1) is 0 Å². The van der Waals surface area contributed by atoms with Crippen molar-refractivity contribution >= 4 is 52.5 Å². The van der Waals surface area contributed by atoms with Gasteiger partial charge in [0.05, 0.1) is 29.6 Å². The molecule has 11 heteroatoms. The maximum Gasteiger partial charge on any atom is 0.338 e. The van der Waals surface area contributed by atoms with Crippen LogP contribution in [-0.4, -0.2) is 41.0 Å². The lowest BCUT2D eigenvalue weighted by molar-refractivity contribution is -0.113. The number of thioether (sulfide) groups is 1. The molecule has 0 saturated heterocycles. The van der Waals surface area contributed by atoms with Crippen LogP contribution >= 0.6 is 35.0 Å². The number of nitrogens with one attached hydrogen (secondary N) is 1. The summed E-state index contributed by atoms with van der Waals surface area (Å²) in [4.78, 5) is 23.8. The largest absolute Gasteiger partial charge is 0.492 e.